The maximum Gasteiger partial charge on any atom is 0.358 e. The van der Waals surface area contributed by atoms with Gasteiger partial charge in [0.25, 0.3) is 5.56 Å². The van der Waals surface area contributed by atoms with Gasteiger partial charge in [0.1, 0.15) is 11.1 Å². The molecule has 112 valence electrons. The molecule has 2 aromatic rings. The fourth-order valence-corrected chi connectivity index (χ4v) is 2.64. The number of hydrogen-bond donors (Lipinski definition) is 0. The van der Waals surface area contributed by atoms with Gasteiger partial charge in [-0.05, 0) is 30.3 Å². The molecule has 5 nitrogen and oxygen atoms in total. The number of halogens is 1. The van der Waals surface area contributed by atoms with Crippen molar-refractivity contribution in [2.45, 2.75) is 0 Å². The van der Waals surface area contributed by atoms with E-state index in [1.54, 1.807) is 54.6 Å². The number of fused-ring (bicyclic) bond motifs is 2. The summed E-state index contributed by atoms with van der Waals surface area (Å²) in [5.74, 6) is 0.00180. The van der Waals surface area contributed by atoms with Crippen LogP contribution in [0.25, 0.3) is 28.1 Å². The Morgan fingerprint density at radius 2 is 1.78 bits per heavy atom. The molecule has 23 heavy (non-hydrogen) atoms. The zero-order valence-electron chi connectivity index (χ0n) is 11.7. The molecule has 0 saturated heterocycles. The van der Waals surface area contributed by atoms with E-state index in [1.807, 2.05) is 0 Å². The normalized spacial score (nSPS) is 11.2. The fourth-order valence-electron chi connectivity index (χ4n) is 2.48. The predicted molar refractivity (Wildman–Crippen MR) is 87.5 cm³/mol. The smallest absolute Gasteiger partial charge is 0.358 e. The van der Waals surface area contributed by atoms with Crippen LogP contribution in [-0.4, -0.2) is 9.55 Å². The molecule has 2 aromatic carbocycles. The molecule has 0 fully saturated rings. The van der Waals surface area contributed by atoms with E-state index in [1.165, 1.54) is 0 Å². The Balaban J connectivity index is 2.11. The third kappa shape index (κ3) is 2.22. The van der Waals surface area contributed by atoms with E-state index in [0.29, 0.717) is 21.7 Å². The van der Waals surface area contributed by atoms with Crippen LogP contribution in [0, 0.1) is 0 Å². The Morgan fingerprint density at radius 3 is 2.57 bits per heavy atom. The molecule has 0 aliphatic carbocycles. The summed E-state index contributed by atoms with van der Waals surface area (Å²) < 4.78 is 6.60. The van der Waals surface area contributed by atoms with Crippen molar-refractivity contribution < 1.29 is 4.42 Å². The van der Waals surface area contributed by atoms with E-state index in [0.717, 1.165) is 4.57 Å². The van der Waals surface area contributed by atoms with Crippen LogP contribution >= 0.6 is 11.6 Å². The fraction of sp³-hybridized carbons (Fsp3) is 0. The van der Waals surface area contributed by atoms with Gasteiger partial charge in [0.2, 0.25) is 5.89 Å². The van der Waals surface area contributed by atoms with E-state index < -0.39 is 11.2 Å². The number of benzene rings is 2. The van der Waals surface area contributed by atoms with E-state index in [-0.39, 0.29) is 11.5 Å². The summed E-state index contributed by atoms with van der Waals surface area (Å²) in [6.45, 7) is 0. The minimum Gasteiger partial charge on any atom is -0.437 e. The molecule has 0 N–H and O–H groups in total. The molecule has 2 aliphatic heterocycles. The quantitative estimate of drug-likeness (QED) is 0.505. The number of nitrogens with zero attached hydrogens (tertiary/aromatic N) is 2. The van der Waals surface area contributed by atoms with Gasteiger partial charge in [-0.25, -0.2) is 9.36 Å². The van der Waals surface area contributed by atoms with Gasteiger partial charge in [0.15, 0.2) is 0 Å². The lowest BCUT2D eigenvalue weighted by Crippen LogP contribution is -2.35. The van der Waals surface area contributed by atoms with Crippen molar-refractivity contribution in [3.63, 3.8) is 0 Å². The summed E-state index contributed by atoms with van der Waals surface area (Å²) >= 11 is 5.93. The van der Waals surface area contributed by atoms with Gasteiger partial charge in [0.05, 0.1) is 5.69 Å². The molecule has 2 aliphatic rings. The Kier molecular flexibility index (Phi) is 3.02. The second kappa shape index (κ2) is 5.07. The standard InChI is InChI=1S/C17H9ClN2O3/c18-11-7-6-10-8-13-15(23-14(10)9-11)19-17(22)20(16(13)21)12-4-2-1-3-5-12/h1-9H. The van der Waals surface area contributed by atoms with Crippen molar-refractivity contribution in [3.8, 4) is 17.1 Å². The average Bonchev–Trinajstić information content (AvgIpc) is 2.54. The highest BCUT2D eigenvalue weighted by Gasteiger charge is 2.18. The molecule has 0 amide bonds. The summed E-state index contributed by atoms with van der Waals surface area (Å²) in [5.41, 5.74) is 0.0239. The SMILES string of the molecule is O=c1nc2oc3cc(Cl)ccc3cc-2c(=O)n1-c1ccccc1. The van der Waals surface area contributed by atoms with Crippen molar-refractivity contribution in [1.29, 1.82) is 0 Å². The van der Waals surface area contributed by atoms with Crippen LogP contribution in [0.15, 0.2) is 68.6 Å². The second-order valence-electron chi connectivity index (χ2n) is 5.02. The average molecular weight is 325 g/mol. The zero-order chi connectivity index (χ0) is 16.0. The lowest BCUT2D eigenvalue weighted by Gasteiger charge is -2.09. The van der Waals surface area contributed by atoms with Gasteiger partial charge in [-0.3, -0.25) is 4.79 Å². The molecule has 0 radical (unpaired) electrons. The molecule has 0 spiro atoms. The Hall–Kier alpha value is -2.92. The third-order valence-corrected chi connectivity index (χ3v) is 3.78. The maximum atomic E-state index is 12.7. The predicted octanol–water partition coefficient (Wildman–Crippen LogP) is 3.10. The lowest BCUT2D eigenvalue weighted by molar-refractivity contribution is 0.587. The molecule has 0 aromatic heterocycles. The van der Waals surface area contributed by atoms with Crippen molar-refractivity contribution in [1.82, 2.24) is 9.55 Å². The first-order valence-electron chi connectivity index (χ1n) is 6.85. The molecule has 0 bridgehead atoms. The van der Waals surface area contributed by atoms with Gasteiger partial charge in [-0.15, -0.1) is 0 Å². The Bertz CT molecular complexity index is 1120. The molecule has 0 atom stereocenters. The van der Waals surface area contributed by atoms with Gasteiger partial charge in [-0.1, -0.05) is 29.8 Å². The van der Waals surface area contributed by atoms with Crippen LogP contribution in [0.4, 0.5) is 0 Å². The van der Waals surface area contributed by atoms with Gasteiger partial charge < -0.3 is 4.42 Å². The molecule has 6 heteroatoms. The van der Waals surface area contributed by atoms with E-state index >= 15 is 0 Å². The minimum atomic E-state index is -0.682. The second-order valence-corrected chi connectivity index (χ2v) is 5.45. The summed E-state index contributed by atoms with van der Waals surface area (Å²) in [4.78, 5) is 28.8. The monoisotopic (exact) mass is 324 g/mol. The number of hydrogen-bond acceptors (Lipinski definition) is 4. The summed E-state index contributed by atoms with van der Waals surface area (Å²) in [7, 11) is 0. The van der Waals surface area contributed by atoms with Gasteiger partial charge in [-0.2, -0.15) is 4.98 Å². The van der Waals surface area contributed by atoms with Crippen molar-refractivity contribution >= 4 is 22.6 Å². The first-order chi connectivity index (χ1) is 11.1. The topological polar surface area (TPSA) is 65.1 Å². The first kappa shape index (κ1) is 13.7. The summed E-state index contributed by atoms with van der Waals surface area (Å²) in [6, 6.07) is 15.4. The van der Waals surface area contributed by atoms with Crippen LogP contribution in [0.1, 0.15) is 0 Å². The highest BCUT2D eigenvalue weighted by molar-refractivity contribution is 6.31. The number of rotatable bonds is 1. The van der Waals surface area contributed by atoms with E-state index in [4.69, 9.17) is 16.0 Å². The van der Waals surface area contributed by atoms with E-state index in [9.17, 15) is 9.59 Å². The van der Waals surface area contributed by atoms with Crippen LogP contribution in [0.3, 0.4) is 0 Å². The molecular formula is C17H9ClN2O3. The van der Waals surface area contributed by atoms with Gasteiger partial charge in [0, 0.05) is 16.5 Å². The van der Waals surface area contributed by atoms with Crippen LogP contribution < -0.4 is 11.2 Å². The highest BCUT2D eigenvalue weighted by atomic mass is 35.5. The Morgan fingerprint density at radius 1 is 1.00 bits per heavy atom. The van der Waals surface area contributed by atoms with Crippen molar-refractivity contribution in [2.75, 3.05) is 0 Å². The highest BCUT2D eigenvalue weighted by Crippen LogP contribution is 2.25. The van der Waals surface area contributed by atoms with Gasteiger partial charge >= 0.3 is 5.69 Å². The van der Waals surface area contributed by atoms with Crippen molar-refractivity contribution in [2.24, 2.45) is 0 Å². The zero-order valence-corrected chi connectivity index (χ0v) is 12.4. The number of para-hydroxylation sites is 1. The first-order valence-corrected chi connectivity index (χ1v) is 7.23. The maximum absolute atomic E-state index is 12.7. The molecule has 0 unspecified atom stereocenters. The lowest BCUT2D eigenvalue weighted by atomic mass is 10.1. The Labute approximate surface area is 134 Å². The van der Waals surface area contributed by atoms with E-state index in [2.05, 4.69) is 4.98 Å². The third-order valence-electron chi connectivity index (χ3n) is 3.55. The molecule has 4 rings (SSSR count). The largest absolute Gasteiger partial charge is 0.437 e. The molecule has 2 heterocycles. The van der Waals surface area contributed by atoms with Crippen molar-refractivity contribution in [3.05, 3.63) is 80.5 Å². The summed E-state index contributed by atoms with van der Waals surface area (Å²) in [6.07, 6.45) is 0. The minimum absolute atomic E-state index is 0.00180. The molecule has 0 saturated carbocycles. The summed E-state index contributed by atoms with van der Waals surface area (Å²) in [5, 5.41) is 1.21. The van der Waals surface area contributed by atoms with Crippen LogP contribution in [0.2, 0.25) is 5.02 Å². The van der Waals surface area contributed by atoms with Crippen LogP contribution in [-0.2, 0) is 0 Å². The number of aromatic nitrogens is 2. The molecular weight excluding hydrogens is 316 g/mol. The van der Waals surface area contributed by atoms with Crippen LogP contribution in [0.5, 0.6) is 0 Å².